The summed E-state index contributed by atoms with van der Waals surface area (Å²) in [5, 5.41) is 1.19. The average Bonchev–Trinajstić information content (AvgIpc) is 3.13. The molecule has 0 aliphatic rings. The minimum Gasteiger partial charge on any atom is -0.399 e. The van der Waals surface area contributed by atoms with Gasteiger partial charge in [0.15, 0.2) is 0 Å². The van der Waals surface area contributed by atoms with Gasteiger partial charge in [-0.25, -0.2) is 8.42 Å². The van der Waals surface area contributed by atoms with Crippen LogP contribution in [0.5, 0.6) is 0 Å². The topological polar surface area (TPSA) is 89.3 Å². The van der Waals surface area contributed by atoms with Crippen LogP contribution >= 0.6 is 22.9 Å². The summed E-state index contributed by atoms with van der Waals surface area (Å²) in [6, 6.07) is 20.8. The predicted molar refractivity (Wildman–Crippen MR) is 125 cm³/mol. The summed E-state index contributed by atoms with van der Waals surface area (Å²) in [5.74, 6) is 0.199. The third kappa shape index (κ3) is 4.52. The molecule has 1 heterocycles. The molecule has 1 atom stereocenters. The SMILES string of the molecule is Nc1cccc(CS(=O)c2ccc(Cl)cc2NS(=O)(=O)c2cc3ccccc3s2)c1. The zero-order valence-corrected chi connectivity index (χ0v) is 18.7. The third-order valence-electron chi connectivity index (χ3n) is 4.35. The Balaban J connectivity index is 1.66. The van der Waals surface area contributed by atoms with E-state index in [1.54, 1.807) is 36.4 Å². The number of halogens is 1. The first kappa shape index (κ1) is 20.9. The zero-order valence-electron chi connectivity index (χ0n) is 15.5. The maximum Gasteiger partial charge on any atom is 0.271 e. The van der Waals surface area contributed by atoms with Gasteiger partial charge in [-0.05, 0) is 53.4 Å². The molecule has 0 fully saturated rings. The highest BCUT2D eigenvalue weighted by atomic mass is 35.5. The van der Waals surface area contributed by atoms with E-state index < -0.39 is 20.8 Å². The highest BCUT2D eigenvalue weighted by Gasteiger charge is 2.21. The van der Waals surface area contributed by atoms with E-state index in [-0.39, 0.29) is 15.6 Å². The summed E-state index contributed by atoms with van der Waals surface area (Å²) >= 11 is 7.27. The molecule has 0 aliphatic heterocycles. The van der Waals surface area contributed by atoms with Gasteiger partial charge in [-0.2, -0.15) is 0 Å². The number of rotatable bonds is 6. The van der Waals surface area contributed by atoms with E-state index in [1.807, 2.05) is 30.3 Å². The van der Waals surface area contributed by atoms with Crippen LogP contribution < -0.4 is 10.5 Å². The second-order valence-electron chi connectivity index (χ2n) is 6.58. The molecule has 1 aromatic heterocycles. The Labute approximate surface area is 186 Å². The molecule has 30 heavy (non-hydrogen) atoms. The fraction of sp³-hybridized carbons (Fsp3) is 0.0476. The first-order chi connectivity index (χ1) is 14.3. The van der Waals surface area contributed by atoms with Gasteiger partial charge in [0.2, 0.25) is 0 Å². The van der Waals surface area contributed by atoms with Gasteiger partial charge in [-0.15, -0.1) is 11.3 Å². The standard InChI is InChI=1S/C21H17ClN2O3S3/c22-16-8-9-20(29(25)13-14-4-3-6-17(23)10-14)18(12-16)24-30(26,27)21-11-15-5-1-2-7-19(15)28-21/h1-12,24H,13,23H2. The van der Waals surface area contributed by atoms with Crippen molar-refractivity contribution in [3.8, 4) is 0 Å². The largest absolute Gasteiger partial charge is 0.399 e. The number of nitrogen functional groups attached to an aromatic ring is 1. The molecule has 5 nitrogen and oxygen atoms in total. The van der Waals surface area contributed by atoms with Crippen LogP contribution in [0.15, 0.2) is 81.9 Å². The highest BCUT2D eigenvalue weighted by Crippen LogP contribution is 2.32. The van der Waals surface area contributed by atoms with Crippen molar-refractivity contribution in [1.29, 1.82) is 0 Å². The molecule has 154 valence electrons. The molecule has 9 heteroatoms. The average molecular weight is 477 g/mol. The van der Waals surface area contributed by atoms with Crippen molar-refractivity contribution in [1.82, 2.24) is 0 Å². The summed E-state index contributed by atoms with van der Waals surface area (Å²) in [7, 11) is -5.38. The van der Waals surface area contributed by atoms with Gasteiger partial charge in [-0.3, -0.25) is 8.93 Å². The van der Waals surface area contributed by atoms with Crippen molar-refractivity contribution in [2.24, 2.45) is 0 Å². The summed E-state index contributed by atoms with van der Waals surface area (Å²) in [6.07, 6.45) is 0. The van der Waals surface area contributed by atoms with E-state index in [0.29, 0.717) is 15.6 Å². The van der Waals surface area contributed by atoms with E-state index in [2.05, 4.69) is 4.72 Å². The van der Waals surface area contributed by atoms with Gasteiger partial charge in [0, 0.05) is 15.4 Å². The summed E-state index contributed by atoms with van der Waals surface area (Å²) in [6.45, 7) is 0. The van der Waals surface area contributed by atoms with Crippen LogP contribution in [0.3, 0.4) is 0 Å². The number of hydrogen-bond donors (Lipinski definition) is 2. The number of nitrogens with one attached hydrogen (secondary N) is 1. The fourth-order valence-corrected chi connectivity index (χ4v) is 6.90. The van der Waals surface area contributed by atoms with E-state index in [1.165, 1.54) is 17.4 Å². The number of hydrogen-bond acceptors (Lipinski definition) is 5. The fourth-order valence-electron chi connectivity index (χ4n) is 2.98. The van der Waals surface area contributed by atoms with Crippen LogP contribution in [-0.2, 0) is 26.6 Å². The van der Waals surface area contributed by atoms with Crippen LogP contribution in [0.1, 0.15) is 5.56 Å². The quantitative estimate of drug-likeness (QED) is 0.372. The molecule has 0 bridgehead atoms. The van der Waals surface area contributed by atoms with E-state index in [4.69, 9.17) is 17.3 Å². The first-order valence-electron chi connectivity index (χ1n) is 8.85. The Hall–Kier alpha value is -2.39. The molecule has 0 saturated carbocycles. The zero-order chi connectivity index (χ0) is 21.3. The molecular formula is C21H17ClN2O3S3. The van der Waals surface area contributed by atoms with Crippen molar-refractivity contribution in [3.05, 3.63) is 83.4 Å². The van der Waals surface area contributed by atoms with Gasteiger partial charge in [0.05, 0.1) is 27.1 Å². The third-order valence-corrected chi connectivity index (χ3v) is 8.98. The molecule has 0 spiro atoms. The Bertz CT molecular complexity index is 1330. The van der Waals surface area contributed by atoms with Gasteiger partial charge >= 0.3 is 0 Å². The van der Waals surface area contributed by atoms with Crippen molar-refractivity contribution >= 4 is 65.2 Å². The lowest BCUT2D eigenvalue weighted by Crippen LogP contribution is -2.13. The van der Waals surface area contributed by atoms with Crippen molar-refractivity contribution in [2.45, 2.75) is 14.9 Å². The van der Waals surface area contributed by atoms with E-state index in [9.17, 15) is 12.6 Å². The highest BCUT2D eigenvalue weighted by molar-refractivity contribution is 7.95. The lowest BCUT2D eigenvalue weighted by atomic mass is 10.2. The molecule has 0 amide bonds. The number of benzene rings is 3. The van der Waals surface area contributed by atoms with Gasteiger partial charge in [-0.1, -0.05) is 41.9 Å². The predicted octanol–water partition coefficient (Wildman–Crippen LogP) is 5.25. The second kappa shape index (κ2) is 8.39. The van der Waals surface area contributed by atoms with Crippen LogP contribution in [-0.4, -0.2) is 12.6 Å². The van der Waals surface area contributed by atoms with E-state index in [0.717, 1.165) is 15.6 Å². The number of nitrogens with two attached hydrogens (primary N) is 1. The molecule has 4 rings (SSSR count). The maximum absolute atomic E-state index is 13.0. The van der Waals surface area contributed by atoms with Crippen LogP contribution in [0.4, 0.5) is 11.4 Å². The maximum atomic E-state index is 13.0. The summed E-state index contributed by atoms with van der Waals surface area (Å²) < 4.78 is 42.6. The van der Waals surface area contributed by atoms with Gasteiger partial charge in [0.25, 0.3) is 10.0 Å². The number of sulfonamides is 1. The van der Waals surface area contributed by atoms with Gasteiger partial charge < -0.3 is 5.73 Å². The monoisotopic (exact) mass is 476 g/mol. The van der Waals surface area contributed by atoms with Crippen molar-refractivity contribution in [3.63, 3.8) is 0 Å². The molecular weight excluding hydrogens is 460 g/mol. The molecule has 3 N–H and O–H groups in total. The van der Waals surface area contributed by atoms with Crippen LogP contribution in [0.25, 0.3) is 10.1 Å². The second-order valence-corrected chi connectivity index (χ2v) is 11.4. The van der Waals surface area contributed by atoms with E-state index >= 15 is 0 Å². The number of fused-ring (bicyclic) bond motifs is 1. The minimum absolute atomic E-state index is 0.177. The molecule has 3 aromatic carbocycles. The smallest absolute Gasteiger partial charge is 0.271 e. The summed E-state index contributed by atoms with van der Waals surface area (Å²) in [5.41, 5.74) is 7.36. The molecule has 1 unspecified atom stereocenters. The minimum atomic E-state index is -3.87. The van der Waals surface area contributed by atoms with Crippen LogP contribution in [0, 0.1) is 0 Å². The molecule has 4 aromatic rings. The number of anilines is 2. The number of thiophene rings is 1. The van der Waals surface area contributed by atoms with Crippen LogP contribution in [0.2, 0.25) is 5.02 Å². The van der Waals surface area contributed by atoms with Gasteiger partial charge in [0.1, 0.15) is 4.21 Å². The molecule has 0 aliphatic carbocycles. The molecule has 0 saturated heterocycles. The van der Waals surface area contributed by atoms with Crippen molar-refractivity contribution in [2.75, 3.05) is 10.5 Å². The Kier molecular flexibility index (Phi) is 5.84. The lowest BCUT2D eigenvalue weighted by molar-refractivity contribution is 0.603. The summed E-state index contributed by atoms with van der Waals surface area (Å²) in [4.78, 5) is 0.353. The molecule has 0 radical (unpaired) electrons. The Morgan fingerprint density at radius 3 is 2.57 bits per heavy atom. The van der Waals surface area contributed by atoms with Crippen molar-refractivity contribution < 1.29 is 12.6 Å². The first-order valence-corrected chi connectivity index (χ1v) is 12.9. The lowest BCUT2D eigenvalue weighted by Gasteiger charge is -2.12. The normalized spacial score (nSPS) is 12.7. The Morgan fingerprint density at radius 1 is 1.00 bits per heavy atom. The Morgan fingerprint density at radius 2 is 1.80 bits per heavy atom.